The Hall–Kier alpha value is -1.59. The molecule has 1 aromatic carbocycles. The molecule has 6 heteroatoms. The van der Waals surface area contributed by atoms with E-state index in [0.29, 0.717) is 31.6 Å². The van der Waals surface area contributed by atoms with Crippen molar-refractivity contribution in [2.24, 2.45) is 11.8 Å². The van der Waals surface area contributed by atoms with Gasteiger partial charge in [-0.05, 0) is 43.6 Å². The number of rotatable bonds is 4. The third-order valence-electron chi connectivity index (χ3n) is 6.65. The number of halogens is 1. The Morgan fingerprint density at radius 2 is 1.75 bits per heavy atom. The number of nitrogens with zero attached hydrogens (tertiary/aromatic N) is 1. The summed E-state index contributed by atoms with van der Waals surface area (Å²) in [6.07, 6.45) is 7.63. The van der Waals surface area contributed by atoms with Crippen LogP contribution in [-0.4, -0.2) is 41.9 Å². The molecule has 1 saturated carbocycles. The number of nitrogens with one attached hydrogen (secondary N) is 2. The Morgan fingerprint density at radius 3 is 2.46 bits per heavy atom. The first-order chi connectivity index (χ1) is 13.2. The maximum atomic E-state index is 12.9. The summed E-state index contributed by atoms with van der Waals surface area (Å²) in [6, 6.07) is 10.5. The van der Waals surface area contributed by atoms with E-state index >= 15 is 0 Å². The van der Waals surface area contributed by atoms with Crippen LogP contribution < -0.4 is 10.6 Å². The molecule has 2 aliphatic heterocycles. The van der Waals surface area contributed by atoms with Gasteiger partial charge in [-0.2, -0.15) is 0 Å². The van der Waals surface area contributed by atoms with Gasteiger partial charge in [-0.1, -0.05) is 43.2 Å². The Balaban J connectivity index is 0.00000225. The van der Waals surface area contributed by atoms with Crippen molar-refractivity contribution in [2.45, 2.75) is 63.6 Å². The van der Waals surface area contributed by atoms with Gasteiger partial charge in [0.15, 0.2) is 0 Å². The van der Waals surface area contributed by atoms with Gasteiger partial charge in [-0.3, -0.25) is 9.59 Å². The molecule has 3 atom stereocenters. The van der Waals surface area contributed by atoms with Gasteiger partial charge in [0.05, 0.1) is 6.04 Å². The molecule has 0 spiro atoms. The van der Waals surface area contributed by atoms with Gasteiger partial charge < -0.3 is 15.5 Å². The van der Waals surface area contributed by atoms with Gasteiger partial charge in [0.1, 0.15) is 0 Å². The van der Waals surface area contributed by atoms with Crippen molar-refractivity contribution in [1.82, 2.24) is 15.5 Å². The first-order valence-corrected chi connectivity index (χ1v) is 10.6. The summed E-state index contributed by atoms with van der Waals surface area (Å²) in [5, 5.41) is 6.64. The molecule has 1 aliphatic carbocycles. The number of hydrogen-bond donors (Lipinski definition) is 2. The minimum Gasteiger partial charge on any atom is -0.352 e. The Kier molecular flexibility index (Phi) is 7.36. The number of benzene rings is 1. The second-order valence-electron chi connectivity index (χ2n) is 8.41. The molecule has 0 aromatic heterocycles. The summed E-state index contributed by atoms with van der Waals surface area (Å²) >= 11 is 0. The van der Waals surface area contributed by atoms with Gasteiger partial charge in [0.25, 0.3) is 0 Å². The fourth-order valence-electron chi connectivity index (χ4n) is 5.02. The standard InChI is InChI=1S/C22H31N3O2.ClH/c26-21(23-15-16-6-2-1-3-7-16)17-10-12-25(13-11-17)22(27)20-14-18-8-4-5-9-19(18)24-20;/h1-3,6-7,17-20,24H,4-5,8-15H2,(H,23,26);1H. The highest BCUT2D eigenvalue weighted by Gasteiger charge is 2.40. The van der Waals surface area contributed by atoms with Crippen LogP contribution in [0.25, 0.3) is 0 Å². The highest BCUT2D eigenvalue weighted by Crippen LogP contribution is 2.34. The minimum absolute atomic E-state index is 0. The lowest BCUT2D eigenvalue weighted by molar-refractivity contribution is -0.137. The molecule has 3 unspecified atom stereocenters. The highest BCUT2D eigenvalue weighted by atomic mass is 35.5. The summed E-state index contributed by atoms with van der Waals surface area (Å²) in [5.74, 6) is 1.09. The SMILES string of the molecule is Cl.O=C(NCc1ccccc1)C1CCN(C(=O)C2CC3CCCCC3N2)CC1. The molecule has 154 valence electrons. The van der Waals surface area contributed by atoms with E-state index in [1.54, 1.807) is 0 Å². The molecular formula is C22H32ClN3O2. The van der Waals surface area contributed by atoms with Gasteiger partial charge >= 0.3 is 0 Å². The monoisotopic (exact) mass is 405 g/mol. The largest absolute Gasteiger partial charge is 0.352 e. The van der Waals surface area contributed by atoms with Crippen LogP contribution in [0.2, 0.25) is 0 Å². The third kappa shape index (κ3) is 4.87. The summed E-state index contributed by atoms with van der Waals surface area (Å²) < 4.78 is 0. The third-order valence-corrected chi connectivity index (χ3v) is 6.65. The van der Waals surface area contributed by atoms with Crippen molar-refractivity contribution in [1.29, 1.82) is 0 Å². The second kappa shape index (κ2) is 9.75. The zero-order valence-corrected chi connectivity index (χ0v) is 17.3. The van der Waals surface area contributed by atoms with Crippen LogP contribution in [0.3, 0.4) is 0 Å². The van der Waals surface area contributed by atoms with E-state index < -0.39 is 0 Å². The summed E-state index contributed by atoms with van der Waals surface area (Å²) in [7, 11) is 0. The molecule has 2 saturated heterocycles. The minimum atomic E-state index is 0. The van der Waals surface area contributed by atoms with E-state index in [1.165, 1.54) is 25.7 Å². The molecule has 0 bridgehead atoms. The Labute approximate surface area is 174 Å². The second-order valence-corrected chi connectivity index (χ2v) is 8.41. The van der Waals surface area contributed by atoms with E-state index in [1.807, 2.05) is 35.2 Å². The van der Waals surface area contributed by atoms with Crippen LogP contribution in [0.5, 0.6) is 0 Å². The number of likely N-dealkylation sites (tertiary alicyclic amines) is 1. The number of hydrogen-bond acceptors (Lipinski definition) is 3. The van der Waals surface area contributed by atoms with Crippen molar-refractivity contribution in [3.05, 3.63) is 35.9 Å². The lowest BCUT2D eigenvalue weighted by Crippen LogP contribution is -2.49. The summed E-state index contributed by atoms with van der Waals surface area (Å²) in [4.78, 5) is 27.3. The fraction of sp³-hybridized carbons (Fsp3) is 0.636. The molecule has 1 aromatic rings. The number of piperidine rings is 1. The maximum Gasteiger partial charge on any atom is 0.239 e. The number of fused-ring (bicyclic) bond motifs is 1. The number of carbonyl (C=O) groups is 2. The molecule has 2 N–H and O–H groups in total. The predicted octanol–water partition coefficient (Wildman–Crippen LogP) is 2.88. The van der Waals surface area contributed by atoms with Crippen LogP contribution in [0.4, 0.5) is 0 Å². The normalized spacial score (nSPS) is 27.6. The lowest BCUT2D eigenvalue weighted by atomic mass is 9.85. The molecule has 0 radical (unpaired) electrons. The van der Waals surface area contributed by atoms with Gasteiger partial charge in [0, 0.05) is 31.6 Å². The summed E-state index contributed by atoms with van der Waals surface area (Å²) in [5.41, 5.74) is 1.12. The molecule has 2 heterocycles. The van der Waals surface area contributed by atoms with Gasteiger partial charge in [-0.25, -0.2) is 0 Å². The number of carbonyl (C=O) groups excluding carboxylic acids is 2. The first-order valence-electron chi connectivity index (χ1n) is 10.6. The Bertz CT molecular complexity index is 647. The van der Waals surface area contributed by atoms with E-state index in [9.17, 15) is 9.59 Å². The van der Waals surface area contributed by atoms with Crippen LogP contribution in [-0.2, 0) is 16.1 Å². The smallest absolute Gasteiger partial charge is 0.239 e. The van der Waals surface area contributed by atoms with Gasteiger partial charge in [0.2, 0.25) is 11.8 Å². The summed E-state index contributed by atoms with van der Waals surface area (Å²) in [6.45, 7) is 1.99. The van der Waals surface area contributed by atoms with Crippen molar-refractivity contribution in [3.8, 4) is 0 Å². The van der Waals surface area contributed by atoms with Crippen molar-refractivity contribution < 1.29 is 9.59 Å². The topological polar surface area (TPSA) is 61.4 Å². The van der Waals surface area contributed by atoms with E-state index in [2.05, 4.69) is 10.6 Å². The van der Waals surface area contributed by atoms with Crippen molar-refractivity contribution in [2.75, 3.05) is 13.1 Å². The number of amides is 2. The van der Waals surface area contributed by atoms with Crippen molar-refractivity contribution in [3.63, 3.8) is 0 Å². The maximum absolute atomic E-state index is 12.9. The zero-order valence-electron chi connectivity index (χ0n) is 16.4. The van der Waals surface area contributed by atoms with Crippen LogP contribution in [0.15, 0.2) is 30.3 Å². The molecule has 3 fully saturated rings. The van der Waals surface area contributed by atoms with E-state index in [0.717, 1.165) is 24.8 Å². The molecule has 5 nitrogen and oxygen atoms in total. The molecular weight excluding hydrogens is 374 g/mol. The van der Waals surface area contributed by atoms with Gasteiger partial charge in [-0.15, -0.1) is 12.4 Å². The lowest BCUT2D eigenvalue weighted by Gasteiger charge is -2.33. The average Bonchev–Trinajstić information content (AvgIpc) is 3.16. The van der Waals surface area contributed by atoms with E-state index in [-0.39, 0.29) is 36.2 Å². The Morgan fingerprint density at radius 1 is 1.04 bits per heavy atom. The van der Waals surface area contributed by atoms with Crippen LogP contribution >= 0.6 is 12.4 Å². The highest BCUT2D eigenvalue weighted by molar-refractivity contribution is 5.85. The van der Waals surface area contributed by atoms with Crippen LogP contribution in [0.1, 0.15) is 50.5 Å². The molecule has 3 aliphatic rings. The average molecular weight is 406 g/mol. The predicted molar refractivity (Wildman–Crippen MR) is 112 cm³/mol. The van der Waals surface area contributed by atoms with Crippen molar-refractivity contribution >= 4 is 24.2 Å². The molecule has 28 heavy (non-hydrogen) atoms. The molecule has 4 rings (SSSR count). The zero-order chi connectivity index (χ0) is 18.6. The van der Waals surface area contributed by atoms with E-state index in [4.69, 9.17) is 0 Å². The first kappa shape index (κ1) is 21.1. The van der Waals surface area contributed by atoms with Crippen LogP contribution in [0, 0.1) is 11.8 Å². The molecule has 2 amide bonds. The fourth-order valence-corrected chi connectivity index (χ4v) is 5.02. The quantitative estimate of drug-likeness (QED) is 0.809.